The number of ether oxygens (including phenoxy) is 4. The molecule has 156 valence electrons. The predicted octanol–water partition coefficient (Wildman–Crippen LogP) is 3.80. The number of hydrogen-bond acceptors (Lipinski definition) is 6. The van der Waals surface area contributed by atoms with Gasteiger partial charge in [0.1, 0.15) is 11.7 Å². The number of carbonyl (C=O) groups excluding carboxylic acids is 1. The molecule has 0 aliphatic carbocycles. The number of amidine groups is 1. The van der Waals surface area contributed by atoms with Crippen LogP contribution in [-0.4, -0.2) is 39.0 Å². The highest BCUT2D eigenvalue weighted by molar-refractivity contribution is 6.20. The molecule has 0 saturated carbocycles. The Bertz CT molecular complexity index is 1280. The van der Waals surface area contributed by atoms with E-state index in [4.69, 9.17) is 18.9 Å². The van der Waals surface area contributed by atoms with Crippen molar-refractivity contribution in [3.05, 3.63) is 59.7 Å². The van der Waals surface area contributed by atoms with E-state index >= 15 is 0 Å². The van der Waals surface area contributed by atoms with Gasteiger partial charge in [0.25, 0.3) is 5.91 Å². The van der Waals surface area contributed by atoms with Crippen LogP contribution in [0.3, 0.4) is 0 Å². The average molecular weight is 416 g/mol. The molecular weight excluding hydrogens is 396 g/mol. The monoisotopic (exact) mass is 416 g/mol. The molecule has 0 radical (unpaired) electrons. The third kappa shape index (κ3) is 3.01. The summed E-state index contributed by atoms with van der Waals surface area (Å²) in [5.41, 5.74) is 1.52. The molecule has 1 unspecified atom stereocenters. The minimum Gasteiger partial charge on any atom is -0.493 e. The number of aliphatic imine (C=N–C) groups is 2. The Hall–Kier alpha value is -3.87. The van der Waals surface area contributed by atoms with E-state index in [-0.39, 0.29) is 11.7 Å². The molecule has 31 heavy (non-hydrogen) atoms. The number of methoxy groups -OCH3 is 3. The number of hydrogen-bond donors (Lipinski definition) is 0. The molecule has 7 nitrogen and oxygen atoms in total. The van der Waals surface area contributed by atoms with Gasteiger partial charge in [0.15, 0.2) is 17.3 Å². The van der Waals surface area contributed by atoms with Crippen LogP contribution in [0.4, 0.5) is 0 Å². The first-order chi connectivity index (χ1) is 15.1. The Balaban J connectivity index is 1.59. The quantitative estimate of drug-likeness (QED) is 0.646. The van der Waals surface area contributed by atoms with E-state index in [1.54, 1.807) is 19.2 Å². The smallest absolute Gasteiger partial charge is 0.260 e. The number of nitrogens with zero attached hydrogens (tertiary/aromatic N) is 2. The lowest BCUT2D eigenvalue weighted by atomic mass is 9.90. The normalized spacial score (nSPS) is 17.1. The summed E-state index contributed by atoms with van der Waals surface area (Å²) in [5, 5.41) is 2.18. The summed E-state index contributed by atoms with van der Waals surface area (Å²) in [6.45, 7) is 0. The minimum absolute atomic E-state index is 0.221. The fraction of sp³-hybridized carbons (Fsp3) is 0.208. The number of carbonyl (C=O) groups is 1. The predicted molar refractivity (Wildman–Crippen MR) is 117 cm³/mol. The molecule has 3 aromatic carbocycles. The van der Waals surface area contributed by atoms with E-state index < -0.39 is 5.92 Å². The van der Waals surface area contributed by atoms with Gasteiger partial charge in [-0.15, -0.1) is 0 Å². The third-order valence-electron chi connectivity index (χ3n) is 5.59. The van der Waals surface area contributed by atoms with E-state index in [2.05, 4.69) is 9.98 Å². The maximum Gasteiger partial charge on any atom is 0.260 e. The number of fused-ring (bicyclic) bond motifs is 4. The zero-order valence-corrected chi connectivity index (χ0v) is 17.3. The van der Waals surface area contributed by atoms with E-state index in [1.165, 1.54) is 14.2 Å². The molecule has 3 aromatic rings. The molecular formula is C24H20N2O5. The molecule has 0 bridgehead atoms. The Labute approximate surface area is 178 Å². The van der Waals surface area contributed by atoms with Crippen molar-refractivity contribution in [2.75, 3.05) is 21.3 Å². The largest absolute Gasteiger partial charge is 0.493 e. The Morgan fingerprint density at radius 2 is 1.71 bits per heavy atom. The first-order valence-electron chi connectivity index (χ1n) is 9.83. The maximum atomic E-state index is 13.0. The van der Waals surface area contributed by atoms with Crippen molar-refractivity contribution in [1.82, 2.24) is 0 Å². The Morgan fingerprint density at radius 1 is 0.903 bits per heavy atom. The molecule has 0 N–H and O–H groups in total. The molecule has 2 heterocycles. The lowest BCUT2D eigenvalue weighted by molar-refractivity contribution is -0.120. The van der Waals surface area contributed by atoms with Crippen LogP contribution < -0.4 is 18.9 Å². The van der Waals surface area contributed by atoms with Gasteiger partial charge in [-0.05, 0) is 35.4 Å². The Morgan fingerprint density at radius 3 is 2.48 bits per heavy atom. The van der Waals surface area contributed by atoms with E-state index in [0.717, 1.165) is 16.3 Å². The summed E-state index contributed by atoms with van der Waals surface area (Å²) in [5.74, 6) is 1.73. The molecule has 7 heteroatoms. The number of rotatable bonds is 4. The van der Waals surface area contributed by atoms with Crippen LogP contribution in [0.5, 0.6) is 23.0 Å². The van der Waals surface area contributed by atoms with E-state index in [9.17, 15) is 4.79 Å². The minimum atomic E-state index is -0.548. The van der Waals surface area contributed by atoms with Gasteiger partial charge in [-0.1, -0.05) is 30.3 Å². The molecule has 1 amide bonds. The summed E-state index contributed by atoms with van der Waals surface area (Å²) >= 11 is 0. The van der Waals surface area contributed by atoms with Crippen LogP contribution in [0.25, 0.3) is 10.8 Å². The van der Waals surface area contributed by atoms with Crippen molar-refractivity contribution in [3.8, 4) is 23.0 Å². The van der Waals surface area contributed by atoms with Gasteiger partial charge >= 0.3 is 0 Å². The second-order valence-corrected chi connectivity index (χ2v) is 7.23. The summed E-state index contributed by atoms with van der Waals surface area (Å²) in [7, 11) is 4.58. The van der Waals surface area contributed by atoms with Crippen molar-refractivity contribution in [2.45, 2.75) is 6.42 Å². The van der Waals surface area contributed by atoms with Gasteiger partial charge in [-0.25, -0.2) is 0 Å². The average Bonchev–Trinajstić information content (AvgIpc) is 2.81. The molecule has 2 aliphatic rings. The topological polar surface area (TPSA) is 78.7 Å². The SMILES string of the molecule is COc1ccc(C2=NC(=O)C3Cc4c(ccc5ccccc45)OC3=N2)c(OC)c1OC. The number of amides is 1. The van der Waals surface area contributed by atoms with Gasteiger partial charge in [0.05, 0.1) is 26.9 Å². The fourth-order valence-corrected chi connectivity index (χ4v) is 4.10. The lowest BCUT2D eigenvalue weighted by Gasteiger charge is -2.28. The highest BCUT2D eigenvalue weighted by atomic mass is 16.5. The lowest BCUT2D eigenvalue weighted by Crippen LogP contribution is -2.37. The van der Waals surface area contributed by atoms with Gasteiger partial charge < -0.3 is 18.9 Å². The molecule has 0 fully saturated rings. The molecule has 0 saturated heterocycles. The summed E-state index contributed by atoms with van der Waals surface area (Å²) < 4.78 is 22.4. The fourth-order valence-electron chi connectivity index (χ4n) is 4.10. The maximum absolute atomic E-state index is 13.0. The standard InChI is InChI=1S/C24H20N2O5/c1-28-19-11-9-15(20(29-2)21(19)30-3)22-25-23(27)17-12-16-14-7-5-4-6-13(14)8-10-18(16)31-24(17)26-22/h4-11,17H,12H2,1-3H3. The van der Waals surface area contributed by atoms with Gasteiger partial charge in [-0.2, -0.15) is 9.98 Å². The molecule has 5 rings (SSSR count). The molecule has 0 aromatic heterocycles. The highest BCUT2D eigenvalue weighted by Gasteiger charge is 2.37. The van der Waals surface area contributed by atoms with Gasteiger partial charge in [-0.3, -0.25) is 4.79 Å². The number of benzene rings is 3. The summed E-state index contributed by atoms with van der Waals surface area (Å²) in [4.78, 5) is 21.8. The van der Waals surface area contributed by atoms with Crippen molar-refractivity contribution in [3.63, 3.8) is 0 Å². The second kappa shape index (κ2) is 7.43. The van der Waals surface area contributed by atoms with Crippen molar-refractivity contribution < 1.29 is 23.7 Å². The summed E-state index contributed by atoms with van der Waals surface area (Å²) in [6, 6.07) is 15.4. The van der Waals surface area contributed by atoms with Gasteiger partial charge in [0.2, 0.25) is 11.6 Å². The van der Waals surface area contributed by atoms with Crippen LogP contribution in [0.2, 0.25) is 0 Å². The van der Waals surface area contributed by atoms with Crippen LogP contribution in [0.15, 0.2) is 58.5 Å². The third-order valence-corrected chi connectivity index (χ3v) is 5.59. The van der Waals surface area contributed by atoms with E-state index in [0.29, 0.717) is 40.9 Å². The molecule has 0 spiro atoms. The zero-order chi connectivity index (χ0) is 21.5. The molecule has 2 aliphatic heterocycles. The van der Waals surface area contributed by atoms with Crippen LogP contribution >= 0.6 is 0 Å². The van der Waals surface area contributed by atoms with Gasteiger partial charge in [0, 0.05) is 5.56 Å². The highest BCUT2D eigenvalue weighted by Crippen LogP contribution is 2.41. The molecule has 1 atom stereocenters. The summed E-state index contributed by atoms with van der Waals surface area (Å²) in [6.07, 6.45) is 0.494. The Kier molecular flexibility index (Phi) is 4.58. The first-order valence-corrected chi connectivity index (χ1v) is 9.83. The van der Waals surface area contributed by atoms with Crippen molar-refractivity contribution >= 4 is 28.4 Å². The first kappa shape index (κ1) is 19.1. The zero-order valence-electron chi connectivity index (χ0n) is 17.3. The van der Waals surface area contributed by atoms with Crippen molar-refractivity contribution in [2.24, 2.45) is 15.9 Å². The van der Waals surface area contributed by atoms with Crippen LogP contribution in [0.1, 0.15) is 11.1 Å². The van der Waals surface area contributed by atoms with E-state index in [1.807, 2.05) is 36.4 Å². The van der Waals surface area contributed by atoms with Crippen LogP contribution in [0, 0.1) is 5.92 Å². The van der Waals surface area contributed by atoms with Crippen LogP contribution in [-0.2, 0) is 11.2 Å². The van der Waals surface area contributed by atoms with Crippen molar-refractivity contribution in [1.29, 1.82) is 0 Å². The second-order valence-electron chi connectivity index (χ2n) is 7.23.